The number of alkyl halides is 1. The minimum Gasteiger partial charge on any atom is -0.386 e. The first kappa shape index (κ1) is 28.9. The van der Waals surface area contributed by atoms with Gasteiger partial charge in [0.05, 0.1) is 6.61 Å². The maximum Gasteiger partial charge on any atom is 0.490 e. The van der Waals surface area contributed by atoms with Crippen molar-refractivity contribution in [2.75, 3.05) is 13.3 Å². The van der Waals surface area contributed by atoms with Crippen LogP contribution in [-0.2, 0) is 31.6 Å². The molecule has 21 heteroatoms. The van der Waals surface area contributed by atoms with E-state index in [0.717, 1.165) is 18.3 Å². The van der Waals surface area contributed by atoms with Crippen LogP contribution < -0.4 is 11.2 Å². The largest absolute Gasteiger partial charge is 0.490 e. The third kappa shape index (κ3) is 6.44. The summed E-state index contributed by atoms with van der Waals surface area (Å²) in [4.78, 5) is 61.2. The molecule has 1 aromatic rings. The molecule has 0 aliphatic carbocycles. The number of aliphatic hydroxyl groups excluding tert-OH is 1. The molecular formula is C13H20FN2O15P3. The Kier molecular flexibility index (Phi) is 8.45. The van der Waals surface area contributed by atoms with Crippen molar-refractivity contribution >= 4 is 23.5 Å². The maximum absolute atomic E-state index is 14.1. The molecule has 194 valence electrons. The Morgan fingerprint density at radius 1 is 1.21 bits per heavy atom. The summed E-state index contributed by atoms with van der Waals surface area (Å²) in [6, 6.07) is 0.842. The highest BCUT2D eigenvalue weighted by molar-refractivity contribution is 7.66. The normalized spacial score (nSPS) is 31.4. The van der Waals surface area contributed by atoms with Crippen LogP contribution in [0.3, 0.4) is 0 Å². The number of nitrogens with zero attached hydrogens (tertiary/aromatic N) is 1. The zero-order valence-corrected chi connectivity index (χ0v) is 19.6. The van der Waals surface area contributed by atoms with Gasteiger partial charge in [0.15, 0.2) is 17.4 Å². The molecule has 0 spiro atoms. The van der Waals surface area contributed by atoms with Crippen LogP contribution in [0.4, 0.5) is 4.39 Å². The Labute approximate surface area is 188 Å². The number of hydrogen-bond acceptors (Lipinski definition) is 11. The number of aromatic amines is 1. The van der Waals surface area contributed by atoms with Gasteiger partial charge in [0.25, 0.3) is 5.56 Å². The molecular weight excluding hydrogens is 536 g/mol. The summed E-state index contributed by atoms with van der Waals surface area (Å²) in [5.41, 5.74) is -7.27. The summed E-state index contributed by atoms with van der Waals surface area (Å²) in [5.74, 6) is 0. The highest BCUT2D eigenvalue weighted by atomic mass is 31.3. The number of hydrogen-bond donors (Lipinski definition) is 7. The molecule has 0 saturated carbocycles. The molecule has 2 unspecified atom stereocenters. The minimum absolute atomic E-state index is 0.576. The van der Waals surface area contributed by atoms with E-state index in [4.69, 9.17) is 14.5 Å². The van der Waals surface area contributed by atoms with Gasteiger partial charge in [-0.3, -0.25) is 18.9 Å². The third-order valence-electron chi connectivity index (χ3n) is 4.33. The molecule has 1 aliphatic heterocycles. The lowest BCUT2D eigenvalue weighted by Crippen LogP contribution is -2.53. The Morgan fingerprint density at radius 3 is 2.32 bits per heavy atom. The highest BCUT2D eigenvalue weighted by Gasteiger charge is 2.64. The SMILES string of the molecule is CC=C[C@@]1(O)[C@H](O)[C@@](CF)(COP(=O)(O)OP(=O)(O)OP(=O)(O)O)O[C@H]1n1ccc(=O)[nH]c1=O. The molecule has 0 bridgehead atoms. The smallest absolute Gasteiger partial charge is 0.386 e. The van der Waals surface area contributed by atoms with Gasteiger partial charge in [-0.2, -0.15) is 8.62 Å². The highest BCUT2D eigenvalue weighted by Crippen LogP contribution is 2.66. The first-order valence-corrected chi connectivity index (χ1v) is 13.3. The van der Waals surface area contributed by atoms with Gasteiger partial charge >= 0.3 is 29.2 Å². The van der Waals surface area contributed by atoms with E-state index in [0.29, 0.717) is 4.57 Å². The van der Waals surface area contributed by atoms with Crippen molar-refractivity contribution in [3.05, 3.63) is 45.3 Å². The molecule has 0 amide bonds. The first-order chi connectivity index (χ1) is 15.4. The molecule has 1 aromatic heterocycles. The van der Waals surface area contributed by atoms with Gasteiger partial charge < -0.3 is 34.5 Å². The second kappa shape index (κ2) is 9.95. The van der Waals surface area contributed by atoms with Crippen LogP contribution in [0.2, 0.25) is 0 Å². The van der Waals surface area contributed by atoms with Gasteiger partial charge in [-0.05, 0) is 6.92 Å². The van der Waals surface area contributed by atoms with Gasteiger partial charge in [0.1, 0.15) is 12.8 Å². The molecule has 7 N–H and O–H groups in total. The summed E-state index contributed by atoms with van der Waals surface area (Å²) in [5, 5.41) is 21.7. The van der Waals surface area contributed by atoms with Crippen LogP contribution >= 0.6 is 23.5 Å². The molecule has 2 rings (SSSR count). The van der Waals surface area contributed by atoms with Gasteiger partial charge in [-0.25, -0.2) is 22.9 Å². The predicted molar refractivity (Wildman–Crippen MR) is 106 cm³/mol. The average Bonchev–Trinajstić information content (AvgIpc) is 2.86. The summed E-state index contributed by atoms with van der Waals surface area (Å²) >= 11 is 0. The van der Waals surface area contributed by atoms with E-state index in [9.17, 15) is 47.7 Å². The van der Waals surface area contributed by atoms with Crippen LogP contribution in [0.1, 0.15) is 13.2 Å². The number of aromatic nitrogens is 2. The summed E-state index contributed by atoms with van der Waals surface area (Å²) in [6.45, 7) is -1.83. The molecule has 1 fully saturated rings. The minimum atomic E-state index is -5.89. The van der Waals surface area contributed by atoms with Crippen molar-refractivity contribution in [1.29, 1.82) is 0 Å². The lowest BCUT2D eigenvalue weighted by molar-refractivity contribution is -0.137. The fourth-order valence-corrected chi connectivity index (χ4v) is 6.10. The van der Waals surface area contributed by atoms with Gasteiger partial charge in [0.2, 0.25) is 0 Å². The Hall–Kier alpha value is -1.36. The van der Waals surface area contributed by atoms with E-state index in [1.54, 1.807) is 0 Å². The molecule has 1 aliphatic rings. The fourth-order valence-electron chi connectivity index (χ4n) is 3.02. The van der Waals surface area contributed by atoms with Gasteiger partial charge in [-0.15, -0.1) is 0 Å². The lowest BCUT2D eigenvalue weighted by atomic mass is 9.86. The standard InChI is InChI=1S/C13H20FN2O15P3/c1-2-4-13(20)9(18)12(6-14,29-10(13)16-5-3-8(17)15-11(16)19)7-28-33(24,25)31-34(26,27)30-32(21,22)23/h2-5,9-10,18,20H,6-7H2,1H3,(H,24,25)(H,26,27)(H,15,17,19)(H2,21,22,23)/t9-,10-,12-,13-/m1/s1. The molecule has 0 radical (unpaired) electrons. The third-order valence-corrected chi connectivity index (χ3v) is 8.11. The molecule has 17 nitrogen and oxygen atoms in total. The molecule has 1 saturated heterocycles. The molecule has 6 atom stereocenters. The van der Waals surface area contributed by atoms with Crippen LogP contribution in [0.5, 0.6) is 0 Å². The molecule has 2 heterocycles. The van der Waals surface area contributed by atoms with Gasteiger partial charge in [-0.1, -0.05) is 12.2 Å². The van der Waals surface area contributed by atoms with E-state index in [1.807, 2.05) is 4.98 Å². The van der Waals surface area contributed by atoms with Crippen LogP contribution in [-0.4, -0.2) is 69.9 Å². The van der Waals surface area contributed by atoms with Gasteiger partial charge in [0, 0.05) is 12.3 Å². The number of nitrogens with one attached hydrogen (secondary N) is 1. The maximum atomic E-state index is 14.1. The number of allylic oxidation sites excluding steroid dienone is 1. The van der Waals surface area contributed by atoms with E-state index < -0.39 is 71.5 Å². The number of phosphoric ester groups is 1. The van der Waals surface area contributed by atoms with E-state index in [-0.39, 0.29) is 0 Å². The van der Waals surface area contributed by atoms with Crippen molar-refractivity contribution in [1.82, 2.24) is 9.55 Å². The Morgan fingerprint density at radius 2 is 1.82 bits per heavy atom. The topological polar surface area (TPSA) is 264 Å². The molecule has 34 heavy (non-hydrogen) atoms. The van der Waals surface area contributed by atoms with Crippen molar-refractivity contribution in [3.63, 3.8) is 0 Å². The summed E-state index contributed by atoms with van der Waals surface area (Å²) < 4.78 is 65.5. The zero-order chi connectivity index (χ0) is 26.2. The van der Waals surface area contributed by atoms with Crippen molar-refractivity contribution in [2.45, 2.75) is 30.5 Å². The number of ether oxygens (including phenoxy) is 1. The number of rotatable bonds is 10. The average molecular weight is 556 g/mol. The quantitative estimate of drug-likeness (QED) is 0.132. The Balaban J connectivity index is 2.38. The summed E-state index contributed by atoms with van der Waals surface area (Å²) in [7, 11) is -17.3. The van der Waals surface area contributed by atoms with Crippen LogP contribution in [0, 0.1) is 0 Å². The van der Waals surface area contributed by atoms with E-state index in [2.05, 4.69) is 13.1 Å². The number of aliphatic hydroxyl groups is 2. The van der Waals surface area contributed by atoms with E-state index in [1.165, 1.54) is 13.0 Å². The summed E-state index contributed by atoms with van der Waals surface area (Å²) in [6.07, 6.45) is -1.31. The van der Waals surface area contributed by atoms with Crippen LogP contribution in [0.25, 0.3) is 0 Å². The first-order valence-electron chi connectivity index (χ1n) is 8.78. The zero-order valence-electron chi connectivity index (χ0n) is 16.9. The molecule has 0 aromatic carbocycles. The van der Waals surface area contributed by atoms with Crippen LogP contribution in [0.15, 0.2) is 34.0 Å². The number of phosphoric acid groups is 3. The number of H-pyrrole nitrogens is 1. The second-order valence-electron chi connectivity index (χ2n) is 6.84. The second-order valence-corrected chi connectivity index (χ2v) is 11.3. The number of halogens is 1. The fraction of sp³-hybridized carbons (Fsp3) is 0.538. The van der Waals surface area contributed by atoms with Crippen molar-refractivity contribution in [2.24, 2.45) is 0 Å². The monoisotopic (exact) mass is 556 g/mol. The van der Waals surface area contributed by atoms with E-state index >= 15 is 0 Å². The lowest BCUT2D eigenvalue weighted by Gasteiger charge is -2.31. The Bertz CT molecular complexity index is 1190. The van der Waals surface area contributed by atoms with Crippen molar-refractivity contribution in [3.8, 4) is 0 Å². The predicted octanol–water partition coefficient (Wildman–Crippen LogP) is -1.21. The van der Waals surface area contributed by atoms with Crippen molar-refractivity contribution < 1.29 is 65.8 Å².